The highest BCUT2D eigenvalue weighted by molar-refractivity contribution is 5.92. The van der Waals surface area contributed by atoms with Crippen LogP contribution in [0.3, 0.4) is 0 Å². The fourth-order valence-corrected chi connectivity index (χ4v) is 1.03. The second kappa shape index (κ2) is 3.78. The zero-order chi connectivity index (χ0) is 11.6. The number of pyridine rings is 1. The van der Waals surface area contributed by atoms with Gasteiger partial charge >= 0.3 is 5.97 Å². The van der Waals surface area contributed by atoms with E-state index in [1.165, 1.54) is 26.0 Å². The Morgan fingerprint density at radius 3 is 2.53 bits per heavy atom. The highest BCUT2D eigenvalue weighted by Gasteiger charge is 2.32. The van der Waals surface area contributed by atoms with Crippen LogP contribution in [0.1, 0.15) is 30.0 Å². The van der Waals surface area contributed by atoms with E-state index >= 15 is 0 Å². The number of carbonyl (C=O) groups is 2. The fraction of sp³-hybridized carbons (Fsp3) is 0.300. The molecule has 0 aliphatic rings. The maximum Gasteiger partial charge on any atom is 0.329 e. The Morgan fingerprint density at radius 1 is 1.47 bits per heavy atom. The Kier molecular flexibility index (Phi) is 2.85. The van der Waals surface area contributed by atoms with Crippen LogP contribution in [0.15, 0.2) is 18.2 Å². The summed E-state index contributed by atoms with van der Waals surface area (Å²) in [7, 11) is 0. The molecule has 0 fully saturated rings. The van der Waals surface area contributed by atoms with Gasteiger partial charge in [0.15, 0.2) is 11.3 Å². The Hall–Kier alpha value is -1.75. The molecule has 3 N–H and O–H groups in total. The fourth-order valence-electron chi connectivity index (χ4n) is 1.03. The molecular weight excluding hydrogens is 196 g/mol. The van der Waals surface area contributed by atoms with E-state index in [9.17, 15) is 9.59 Å². The first kappa shape index (κ1) is 11.3. The van der Waals surface area contributed by atoms with Gasteiger partial charge in [0.2, 0.25) is 0 Å². The molecule has 0 spiro atoms. The van der Waals surface area contributed by atoms with E-state index in [0.29, 0.717) is 0 Å². The molecule has 5 nitrogen and oxygen atoms in total. The van der Waals surface area contributed by atoms with Crippen molar-refractivity contribution in [2.75, 3.05) is 0 Å². The molecule has 80 valence electrons. The Morgan fingerprint density at radius 2 is 2.07 bits per heavy atom. The lowest BCUT2D eigenvalue weighted by Crippen LogP contribution is -2.42. The van der Waals surface area contributed by atoms with Gasteiger partial charge in [-0.15, -0.1) is 0 Å². The molecule has 0 unspecified atom stereocenters. The van der Waals surface area contributed by atoms with Crippen molar-refractivity contribution in [3.05, 3.63) is 29.6 Å². The van der Waals surface area contributed by atoms with Crippen molar-refractivity contribution in [1.82, 2.24) is 4.98 Å². The zero-order valence-corrected chi connectivity index (χ0v) is 8.52. The van der Waals surface area contributed by atoms with Crippen molar-refractivity contribution in [2.45, 2.75) is 19.4 Å². The lowest BCUT2D eigenvalue weighted by atomic mass is 9.98. The number of rotatable bonds is 3. The molecule has 15 heavy (non-hydrogen) atoms. The van der Waals surface area contributed by atoms with Crippen LogP contribution >= 0.6 is 0 Å². The molecule has 0 saturated heterocycles. The third-order valence-electron chi connectivity index (χ3n) is 2.09. The van der Waals surface area contributed by atoms with Gasteiger partial charge in [-0.3, -0.25) is 4.79 Å². The molecule has 1 aromatic heterocycles. The minimum atomic E-state index is -1.58. The van der Waals surface area contributed by atoms with Gasteiger partial charge in [-0.2, -0.15) is 0 Å². The summed E-state index contributed by atoms with van der Waals surface area (Å²) in [5.74, 6) is -1.41. The third kappa shape index (κ3) is 2.19. The summed E-state index contributed by atoms with van der Waals surface area (Å²) in [4.78, 5) is 25.8. The molecule has 1 heterocycles. The van der Waals surface area contributed by atoms with Crippen LogP contribution < -0.4 is 5.73 Å². The molecule has 0 radical (unpaired) electrons. The molecular formula is C10H12N2O3. The van der Waals surface area contributed by atoms with Gasteiger partial charge in [0.05, 0.1) is 5.69 Å². The van der Waals surface area contributed by atoms with Crippen molar-refractivity contribution in [1.29, 1.82) is 0 Å². The number of nitrogens with two attached hydrogens (primary N) is 1. The quantitative estimate of drug-likeness (QED) is 0.707. The number of hydrogen-bond acceptors (Lipinski definition) is 4. The van der Waals surface area contributed by atoms with E-state index in [1.807, 2.05) is 0 Å². The minimum absolute atomic E-state index is 0.169. The van der Waals surface area contributed by atoms with Crippen LogP contribution in [-0.2, 0) is 10.3 Å². The summed E-state index contributed by atoms with van der Waals surface area (Å²) in [5.41, 5.74) is 4.38. The monoisotopic (exact) mass is 208 g/mol. The first-order valence-electron chi connectivity index (χ1n) is 4.36. The van der Waals surface area contributed by atoms with Gasteiger partial charge < -0.3 is 10.8 Å². The third-order valence-corrected chi connectivity index (χ3v) is 2.09. The second-order valence-corrected chi connectivity index (χ2v) is 3.47. The zero-order valence-electron chi connectivity index (χ0n) is 8.52. The molecule has 0 bridgehead atoms. The summed E-state index contributed by atoms with van der Waals surface area (Å²) in [5, 5.41) is 8.87. The number of hydrogen-bond donors (Lipinski definition) is 2. The minimum Gasteiger partial charge on any atom is -0.480 e. The number of Topliss-reactive ketones (excluding diaryl/α,β-unsaturated/α-hetero) is 1. The maximum atomic E-state index is 11.0. The predicted octanol–water partition coefficient (Wildman–Crippen LogP) is 0.543. The molecule has 1 rings (SSSR count). The standard InChI is InChI=1S/C10H12N2O3/c1-6(13)7-4-3-5-8(12-7)10(2,11)9(14)15/h3-5H,11H2,1-2H3,(H,14,15)/t10-/m0/s1. The van der Waals surface area contributed by atoms with E-state index in [2.05, 4.69) is 4.98 Å². The number of ketones is 1. The molecule has 0 aliphatic heterocycles. The van der Waals surface area contributed by atoms with Crippen molar-refractivity contribution in [3.8, 4) is 0 Å². The summed E-state index contributed by atoms with van der Waals surface area (Å²) in [6.45, 7) is 2.70. The Balaban J connectivity index is 3.21. The van der Waals surface area contributed by atoms with E-state index in [0.717, 1.165) is 0 Å². The number of carboxylic acids is 1. The van der Waals surface area contributed by atoms with Crippen molar-refractivity contribution < 1.29 is 14.7 Å². The Labute approximate surface area is 86.9 Å². The summed E-state index contributed by atoms with van der Waals surface area (Å²) in [6.07, 6.45) is 0. The lowest BCUT2D eigenvalue weighted by molar-refractivity contribution is -0.143. The van der Waals surface area contributed by atoms with Gasteiger partial charge in [0.25, 0.3) is 0 Å². The van der Waals surface area contributed by atoms with Gasteiger partial charge in [0.1, 0.15) is 5.69 Å². The van der Waals surface area contributed by atoms with E-state index in [1.54, 1.807) is 6.07 Å². The predicted molar refractivity (Wildman–Crippen MR) is 53.4 cm³/mol. The summed E-state index contributed by atoms with van der Waals surface area (Å²) < 4.78 is 0. The molecule has 1 aromatic rings. The first-order valence-corrected chi connectivity index (χ1v) is 4.36. The number of nitrogens with zero attached hydrogens (tertiary/aromatic N) is 1. The number of aliphatic carboxylic acids is 1. The van der Waals surface area contributed by atoms with Gasteiger partial charge in [-0.25, -0.2) is 9.78 Å². The SMILES string of the molecule is CC(=O)c1cccc([C@](C)(N)C(=O)O)n1. The number of carboxylic acid groups (broad SMARTS) is 1. The van der Waals surface area contributed by atoms with Gasteiger partial charge in [-0.1, -0.05) is 6.07 Å². The smallest absolute Gasteiger partial charge is 0.329 e. The van der Waals surface area contributed by atoms with Crippen LogP contribution in [0.5, 0.6) is 0 Å². The average Bonchev–Trinajstić information content (AvgIpc) is 2.17. The van der Waals surface area contributed by atoms with Crippen LogP contribution in [0.25, 0.3) is 0 Å². The van der Waals surface area contributed by atoms with Crippen molar-refractivity contribution in [2.24, 2.45) is 5.73 Å². The highest BCUT2D eigenvalue weighted by Crippen LogP contribution is 2.15. The first-order chi connectivity index (χ1) is 6.85. The van der Waals surface area contributed by atoms with Crippen molar-refractivity contribution in [3.63, 3.8) is 0 Å². The second-order valence-electron chi connectivity index (χ2n) is 3.47. The summed E-state index contributed by atoms with van der Waals surface area (Å²) >= 11 is 0. The molecule has 0 aromatic carbocycles. The normalized spacial score (nSPS) is 14.3. The van der Waals surface area contributed by atoms with Crippen LogP contribution in [0.4, 0.5) is 0 Å². The Bertz CT molecular complexity index is 413. The number of carbonyl (C=O) groups excluding carboxylic acids is 1. The molecule has 0 amide bonds. The molecule has 5 heteroatoms. The van der Waals surface area contributed by atoms with E-state index in [-0.39, 0.29) is 17.2 Å². The molecule has 0 saturated carbocycles. The average molecular weight is 208 g/mol. The number of aromatic nitrogens is 1. The lowest BCUT2D eigenvalue weighted by Gasteiger charge is -2.18. The topological polar surface area (TPSA) is 93.3 Å². The molecule has 1 atom stereocenters. The maximum absolute atomic E-state index is 11.0. The van der Waals surface area contributed by atoms with Gasteiger partial charge in [0, 0.05) is 6.92 Å². The van der Waals surface area contributed by atoms with E-state index < -0.39 is 11.5 Å². The molecule has 0 aliphatic carbocycles. The summed E-state index contributed by atoms with van der Waals surface area (Å²) in [6, 6.07) is 4.57. The van der Waals surface area contributed by atoms with Gasteiger partial charge in [-0.05, 0) is 19.1 Å². The van der Waals surface area contributed by atoms with Crippen molar-refractivity contribution >= 4 is 11.8 Å². The van der Waals surface area contributed by atoms with Crippen LogP contribution in [0.2, 0.25) is 0 Å². The van der Waals surface area contributed by atoms with E-state index in [4.69, 9.17) is 10.8 Å². The largest absolute Gasteiger partial charge is 0.480 e. The highest BCUT2D eigenvalue weighted by atomic mass is 16.4. The van der Waals surface area contributed by atoms with Crippen LogP contribution in [0, 0.1) is 0 Å². The van der Waals surface area contributed by atoms with Crippen LogP contribution in [-0.4, -0.2) is 21.8 Å².